The van der Waals surface area contributed by atoms with Gasteiger partial charge in [0.25, 0.3) is 5.91 Å². The van der Waals surface area contributed by atoms with Gasteiger partial charge >= 0.3 is 0 Å². The van der Waals surface area contributed by atoms with Crippen LogP contribution in [-0.2, 0) is 4.79 Å². The minimum atomic E-state index is -0.312. The number of carbonyl (C=O) groups excluding carboxylic acids is 2. The molecule has 0 spiro atoms. The lowest BCUT2D eigenvalue weighted by Gasteiger charge is -2.10. The van der Waals surface area contributed by atoms with Gasteiger partial charge in [0.15, 0.2) is 12.9 Å². The number of aldehydes is 1. The largest absolute Gasteiger partial charge is 0.497 e. The molecule has 1 N–H and O–H groups in total. The van der Waals surface area contributed by atoms with Gasteiger partial charge in [-0.1, -0.05) is 22.0 Å². The van der Waals surface area contributed by atoms with Crippen LogP contribution in [0.5, 0.6) is 11.5 Å². The van der Waals surface area contributed by atoms with Crippen LogP contribution >= 0.6 is 15.9 Å². The summed E-state index contributed by atoms with van der Waals surface area (Å²) in [5.41, 5.74) is 2.07. The Labute approximate surface area is 142 Å². The highest BCUT2D eigenvalue weighted by molar-refractivity contribution is 9.10. The van der Waals surface area contributed by atoms with Crippen LogP contribution in [0.25, 0.3) is 0 Å². The zero-order valence-electron chi connectivity index (χ0n) is 12.8. The molecule has 23 heavy (non-hydrogen) atoms. The molecule has 0 bridgehead atoms. The van der Waals surface area contributed by atoms with Crippen LogP contribution in [-0.4, -0.2) is 25.9 Å². The number of rotatable bonds is 6. The van der Waals surface area contributed by atoms with E-state index in [1.165, 1.54) is 7.11 Å². The van der Waals surface area contributed by atoms with Gasteiger partial charge in [-0.05, 0) is 42.8 Å². The first-order chi connectivity index (χ1) is 11.0. The molecule has 0 aliphatic carbocycles. The molecule has 6 heteroatoms. The fourth-order valence-corrected chi connectivity index (χ4v) is 2.27. The second-order valence-electron chi connectivity index (χ2n) is 4.82. The van der Waals surface area contributed by atoms with E-state index >= 15 is 0 Å². The highest BCUT2D eigenvalue weighted by Crippen LogP contribution is 2.23. The summed E-state index contributed by atoms with van der Waals surface area (Å²) >= 11 is 3.41. The molecule has 0 aliphatic heterocycles. The Hall–Kier alpha value is -2.34. The summed E-state index contributed by atoms with van der Waals surface area (Å²) in [6, 6.07) is 10.3. The molecule has 1 amide bonds. The lowest BCUT2D eigenvalue weighted by molar-refractivity contribution is -0.118. The van der Waals surface area contributed by atoms with E-state index in [4.69, 9.17) is 9.47 Å². The van der Waals surface area contributed by atoms with Crippen LogP contribution in [0, 0.1) is 6.92 Å². The normalized spacial score (nSPS) is 10.0. The van der Waals surface area contributed by atoms with Crippen molar-refractivity contribution < 1.29 is 19.1 Å². The minimum Gasteiger partial charge on any atom is -0.497 e. The number of hydrogen-bond acceptors (Lipinski definition) is 4. The van der Waals surface area contributed by atoms with Crippen molar-refractivity contribution in [1.29, 1.82) is 0 Å². The van der Waals surface area contributed by atoms with Crippen LogP contribution in [0.1, 0.15) is 15.9 Å². The van der Waals surface area contributed by atoms with Crippen molar-refractivity contribution in [2.45, 2.75) is 6.92 Å². The van der Waals surface area contributed by atoms with Crippen molar-refractivity contribution in [2.75, 3.05) is 19.0 Å². The SMILES string of the molecule is COc1ccc(OCC(=O)Nc2ccc(C)c(Br)c2)c(C=O)c1. The summed E-state index contributed by atoms with van der Waals surface area (Å²) in [4.78, 5) is 23.0. The van der Waals surface area contributed by atoms with Crippen LogP contribution in [0.3, 0.4) is 0 Å². The lowest BCUT2D eigenvalue weighted by atomic mass is 10.2. The van der Waals surface area contributed by atoms with Gasteiger partial charge in [-0.15, -0.1) is 0 Å². The van der Waals surface area contributed by atoms with Crippen LogP contribution < -0.4 is 14.8 Å². The van der Waals surface area contributed by atoms with Gasteiger partial charge < -0.3 is 14.8 Å². The van der Waals surface area contributed by atoms with Crippen molar-refractivity contribution in [3.8, 4) is 11.5 Å². The molecular weight excluding hydrogens is 362 g/mol. The maximum Gasteiger partial charge on any atom is 0.262 e. The van der Waals surface area contributed by atoms with E-state index in [-0.39, 0.29) is 12.5 Å². The standard InChI is InChI=1S/C17H16BrNO4/c1-11-3-4-13(8-15(11)18)19-17(21)10-23-16-6-5-14(22-2)7-12(16)9-20/h3-9H,10H2,1-2H3,(H,19,21). The molecule has 0 heterocycles. The fourth-order valence-electron chi connectivity index (χ4n) is 1.89. The van der Waals surface area contributed by atoms with E-state index in [2.05, 4.69) is 21.2 Å². The second-order valence-corrected chi connectivity index (χ2v) is 5.68. The molecule has 0 atom stereocenters. The fraction of sp³-hybridized carbons (Fsp3) is 0.176. The molecule has 0 aromatic heterocycles. The zero-order chi connectivity index (χ0) is 16.8. The molecule has 0 unspecified atom stereocenters. The van der Waals surface area contributed by atoms with Gasteiger partial charge in [0.1, 0.15) is 11.5 Å². The Morgan fingerprint density at radius 2 is 2.04 bits per heavy atom. The quantitative estimate of drug-likeness (QED) is 0.781. The Bertz CT molecular complexity index is 731. The molecule has 0 fully saturated rings. The summed E-state index contributed by atoms with van der Waals surface area (Å²) in [5, 5.41) is 2.73. The average molecular weight is 378 g/mol. The van der Waals surface area contributed by atoms with Crippen LogP contribution in [0.15, 0.2) is 40.9 Å². The van der Waals surface area contributed by atoms with Gasteiger partial charge in [-0.25, -0.2) is 0 Å². The van der Waals surface area contributed by atoms with Gasteiger partial charge in [-0.3, -0.25) is 9.59 Å². The third-order valence-corrected chi connectivity index (χ3v) is 4.01. The van der Waals surface area contributed by atoms with Crippen molar-refractivity contribution in [1.82, 2.24) is 0 Å². The second kappa shape index (κ2) is 7.78. The molecule has 0 radical (unpaired) electrons. The van der Waals surface area contributed by atoms with Gasteiger partial charge in [0.2, 0.25) is 0 Å². The van der Waals surface area contributed by atoms with Crippen LogP contribution in [0.4, 0.5) is 5.69 Å². The number of methoxy groups -OCH3 is 1. The molecular formula is C17H16BrNO4. The van der Waals surface area contributed by atoms with E-state index in [9.17, 15) is 9.59 Å². The summed E-state index contributed by atoms with van der Waals surface area (Å²) in [7, 11) is 1.51. The van der Waals surface area contributed by atoms with Gasteiger partial charge in [0, 0.05) is 10.2 Å². The number of amides is 1. The monoisotopic (exact) mass is 377 g/mol. The molecule has 2 rings (SSSR count). The van der Waals surface area contributed by atoms with Gasteiger partial charge in [0.05, 0.1) is 12.7 Å². The first-order valence-electron chi connectivity index (χ1n) is 6.85. The van der Waals surface area contributed by atoms with E-state index in [0.717, 1.165) is 10.0 Å². The molecule has 5 nitrogen and oxygen atoms in total. The maximum absolute atomic E-state index is 11.9. The predicted octanol–water partition coefficient (Wildman–Crippen LogP) is 3.60. The third-order valence-electron chi connectivity index (χ3n) is 3.16. The van der Waals surface area contributed by atoms with E-state index in [1.807, 2.05) is 25.1 Å². The molecule has 2 aromatic carbocycles. The molecule has 0 saturated heterocycles. The number of hydrogen-bond donors (Lipinski definition) is 1. The highest BCUT2D eigenvalue weighted by atomic mass is 79.9. The Morgan fingerprint density at radius 3 is 2.70 bits per heavy atom. The first-order valence-corrected chi connectivity index (χ1v) is 7.65. The highest BCUT2D eigenvalue weighted by Gasteiger charge is 2.09. The molecule has 0 aliphatic rings. The number of benzene rings is 2. The number of aryl methyl sites for hydroxylation is 1. The zero-order valence-corrected chi connectivity index (χ0v) is 14.3. The lowest BCUT2D eigenvalue weighted by Crippen LogP contribution is -2.20. The van der Waals surface area contributed by atoms with E-state index in [0.29, 0.717) is 29.0 Å². The van der Waals surface area contributed by atoms with Crippen molar-refractivity contribution >= 4 is 33.8 Å². The number of ether oxygens (including phenoxy) is 2. The van der Waals surface area contributed by atoms with E-state index in [1.54, 1.807) is 18.2 Å². The van der Waals surface area contributed by atoms with Crippen LogP contribution in [0.2, 0.25) is 0 Å². The summed E-state index contributed by atoms with van der Waals surface area (Å²) < 4.78 is 11.4. The summed E-state index contributed by atoms with van der Waals surface area (Å²) in [5.74, 6) is 0.572. The number of carbonyl (C=O) groups is 2. The number of halogens is 1. The number of anilines is 1. The Kier molecular flexibility index (Phi) is 5.76. The molecule has 2 aromatic rings. The van der Waals surface area contributed by atoms with Crippen molar-refractivity contribution in [2.24, 2.45) is 0 Å². The average Bonchev–Trinajstić information content (AvgIpc) is 2.56. The summed E-state index contributed by atoms with van der Waals surface area (Å²) in [6.45, 7) is 1.77. The summed E-state index contributed by atoms with van der Waals surface area (Å²) in [6.07, 6.45) is 0.660. The first kappa shape index (κ1) is 17.0. The third kappa shape index (κ3) is 4.56. The van der Waals surface area contributed by atoms with Crippen molar-refractivity contribution in [3.05, 3.63) is 52.0 Å². The topological polar surface area (TPSA) is 64.6 Å². The van der Waals surface area contributed by atoms with E-state index < -0.39 is 0 Å². The van der Waals surface area contributed by atoms with Gasteiger partial charge in [-0.2, -0.15) is 0 Å². The Balaban J connectivity index is 1.98. The minimum absolute atomic E-state index is 0.196. The van der Waals surface area contributed by atoms with Crippen molar-refractivity contribution in [3.63, 3.8) is 0 Å². The predicted molar refractivity (Wildman–Crippen MR) is 91.4 cm³/mol. The molecule has 0 saturated carbocycles. The number of nitrogens with one attached hydrogen (secondary N) is 1. The molecule has 120 valence electrons. The maximum atomic E-state index is 11.9. The smallest absolute Gasteiger partial charge is 0.262 e. The Morgan fingerprint density at radius 1 is 1.26 bits per heavy atom.